The average Bonchev–Trinajstić information content (AvgIpc) is 2.76. The van der Waals surface area contributed by atoms with Crippen LogP contribution >= 0.6 is 11.3 Å². The van der Waals surface area contributed by atoms with Crippen molar-refractivity contribution < 1.29 is 4.74 Å². The van der Waals surface area contributed by atoms with Gasteiger partial charge in [-0.15, -0.1) is 11.3 Å². The highest BCUT2D eigenvalue weighted by Crippen LogP contribution is 2.32. The van der Waals surface area contributed by atoms with Crippen LogP contribution in [0, 0.1) is 12.8 Å². The van der Waals surface area contributed by atoms with E-state index in [-0.39, 0.29) is 0 Å². The molecule has 1 aromatic heterocycles. The molecule has 1 aliphatic rings. The van der Waals surface area contributed by atoms with Crippen molar-refractivity contribution in [1.82, 2.24) is 10.3 Å². The zero-order chi connectivity index (χ0) is 14.5. The molecule has 1 saturated heterocycles. The van der Waals surface area contributed by atoms with Crippen molar-refractivity contribution >= 4 is 16.5 Å². The number of hydrogen-bond acceptors (Lipinski definition) is 5. The molecule has 2 rings (SSSR count). The van der Waals surface area contributed by atoms with Crippen molar-refractivity contribution in [3.63, 3.8) is 0 Å². The fraction of sp³-hybridized carbons (Fsp3) is 0.800. The maximum absolute atomic E-state index is 5.05. The number of aryl methyl sites for hydroxylation is 1. The Balaban J connectivity index is 1.96. The largest absolute Gasteiger partial charge is 0.383 e. The van der Waals surface area contributed by atoms with Crippen LogP contribution in [0.15, 0.2) is 0 Å². The van der Waals surface area contributed by atoms with Crippen LogP contribution in [0.25, 0.3) is 0 Å². The van der Waals surface area contributed by atoms with Gasteiger partial charge in [-0.3, -0.25) is 0 Å². The lowest BCUT2D eigenvalue weighted by Gasteiger charge is -2.36. The van der Waals surface area contributed by atoms with Gasteiger partial charge in [0.15, 0.2) is 5.13 Å². The summed E-state index contributed by atoms with van der Waals surface area (Å²) in [6.45, 7) is 10.5. The lowest BCUT2D eigenvalue weighted by Crippen LogP contribution is -2.40. The van der Waals surface area contributed by atoms with E-state index in [1.807, 2.05) is 11.3 Å². The maximum Gasteiger partial charge on any atom is 0.186 e. The van der Waals surface area contributed by atoms with Gasteiger partial charge in [0.05, 0.1) is 12.3 Å². The van der Waals surface area contributed by atoms with Crippen molar-refractivity contribution in [2.75, 3.05) is 31.7 Å². The normalized spacial score (nSPS) is 23.3. The Hall–Kier alpha value is -0.650. The first-order chi connectivity index (χ1) is 9.61. The molecule has 1 aliphatic heterocycles. The highest BCUT2D eigenvalue weighted by molar-refractivity contribution is 7.15. The monoisotopic (exact) mass is 297 g/mol. The average molecular weight is 297 g/mol. The highest BCUT2D eigenvalue weighted by atomic mass is 32.1. The molecule has 114 valence electrons. The third kappa shape index (κ3) is 3.93. The smallest absolute Gasteiger partial charge is 0.186 e. The predicted molar refractivity (Wildman–Crippen MR) is 85.6 cm³/mol. The Labute approximate surface area is 126 Å². The summed E-state index contributed by atoms with van der Waals surface area (Å²) < 4.78 is 5.05. The minimum Gasteiger partial charge on any atom is -0.383 e. The van der Waals surface area contributed by atoms with Gasteiger partial charge in [0.1, 0.15) is 0 Å². The van der Waals surface area contributed by atoms with E-state index in [2.05, 4.69) is 31.0 Å². The summed E-state index contributed by atoms with van der Waals surface area (Å²) >= 11 is 1.84. The molecular weight excluding hydrogens is 270 g/mol. The van der Waals surface area contributed by atoms with Crippen molar-refractivity contribution in [3.05, 3.63) is 10.6 Å². The third-order valence-electron chi connectivity index (χ3n) is 4.03. The van der Waals surface area contributed by atoms with Crippen molar-refractivity contribution in [1.29, 1.82) is 0 Å². The SMILES string of the molecule is COCCNCc1sc(N2CCC(C)CC2C)nc1C. The topological polar surface area (TPSA) is 37.4 Å². The van der Waals surface area contributed by atoms with Gasteiger partial charge in [-0.25, -0.2) is 4.98 Å². The van der Waals surface area contributed by atoms with Crippen LogP contribution in [0.2, 0.25) is 0 Å². The predicted octanol–water partition coefficient (Wildman–Crippen LogP) is 2.81. The van der Waals surface area contributed by atoms with Gasteiger partial charge in [-0.1, -0.05) is 6.92 Å². The molecule has 1 fully saturated rings. The molecule has 0 aromatic carbocycles. The maximum atomic E-state index is 5.05. The number of methoxy groups -OCH3 is 1. The van der Waals surface area contributed by atoms with Gasteiger partial charge in [-0.2, -0.15) is 0 Å². The van der Waals surface area contributed by atoms with Crippen LogP contribution in [0.5, 0.6) is 0 Å². The number of piperidine rings is 1. The number of nitrogens with zero attached hydrogens (tertiary/aromatic N) is 2. The Bertz CT molecular complexity index is 421. The molecule has 2 unspecified atom stereocenters. The number of thiazole rings is 1. The lowest BCUT2D eigenvalue weighted by molar-refractivity contribution is 0.199. The zero-order valence-corrected chi connectivity index (χ0v) is 13.9. The van der Waals surface area contributed by atoms with Crippen molar-refractivity contribution in [3.8, 4) is 0 Å². The number of nitrogens with one attached hydrogen (secondary N) is 1. The molecule has 2 atom stereocenters. The Morgan fingerprint density at radius 1 is 1.45 bits per heavy atom. The summed E-state index contributed by atoms with van der Waals surface area (Å²) in [5, 5.41) is 4.60. The minimum atomic E-state index is 0.610. The van der Waals surface area contributed by atoms with Gasteiger partial charge < -0.3 is 15.0 Å². The molecule has 4 nitrogen and oxygen atoms in total. The molecule has 0 bridgehead atoms. The third-order valence-corrected chi connectivity index (χ3v) is 5.23. The van der Waals surface area contributed by atoms with E-state index in [0.717, 1.165) is 32.2 Å². The molecule has 0 aliphatic carbocycles. The van der Waals surface area contributed by atoms with Gasteiger partial charge in [0.25, 0.3) is 0 Å². The standard InChI is InChI=1S/C15H27N3OS/c1-11-5-7-18(12(2)9-11)15-17-13(3)14(20-15)10-16-6-8-19-4/h11-12,16H,5-10H2,1-4H3. The van der Waals surface area contributed by atoms with E-state index in [1.165, 1.54) is 28.5 Å². The van der Waals surface area contributed by atoms with E-state index < -0.39 is 0 Å². The van der Waals surface area contributed by atoms with Gasteiger partial charge in [-0.05, 0) is 32.6 Å². The number of ether oxygens (including phenoxy) is 1. The number of hydrogen-bond donors (Lipinski definition) is 1. The number of aromatic nitrogens is 1. The van der Waals surface area contributed by atoms with Crippen molar-refractivity contribution in [2.45, 2.75) is 46.2 Å². The quantitative estimate of drug-likeness (QED) is 0.819. The van der Waals surface area contributed by atoms with Crippen molar-refractivity contribution in [2.24, 2.45) is 5.92 Å². The Morgan fingerprint density at radius 2 is 2.25 bits per heavy atom. The molecule has 1 aromatic rings. The lowest BCUT2D eigenvalue weighted by atomic mass is 9.94. The highest BCUT2D eigenvalue weighted by Gasteiger charge is 2.25. The van der Waals surface area contributed by atoms with E-state index in [1.54, 1.807) is 7.11 Å². The zero-order valence-electron chi connectivity index (χ0n) is 13.1. The second-order valence-corrected chi connectivity index (χ2v) is 6.91. The molecule has 1 N–H and O–H groups in total. The summed E-state index contributed by atoms with van der Waals surface area (Å²) in [4.78, 5) is 8.61. The minimum absolute atomic E-state index is 0.610. The van der Waals surface area contributed by atoms with Crippen LogP contribution < -0.4 is 10.2 Å². The second kappa shape index (κ2) is 7.38. The van der Waals surface area contributed by atoms with Gasteiger partial charge in [0, 0.05) is 37.7 Å². The molecule has 5 heteroatoms. The first-order valence-electron chi connectivity index (χ1n) is 7.54. The van der Waals surface area contributed by atoms with Crippen LogP contribution in [0.4, 0.5) is 5.13 Å². The molecule has 20 heavy (non-hydrogen) atoms. The van der Waals surface area contributed by atoms with Crippen LogP contribution in [0.3, 0.4) is 0 Å². The van der Waals surface area contributed by atoms with E-state index in [0.29, 0.717) is 6.04 Å². The summed E-state index contributed by atoms with van der Waals surface area (Å²) in [7, 11) is 1.73. The molecule has 0 radical (unpaired) electrons. The molecule has 2 heterocycles. The van der Waals surface area contributed by atoms with E-state index >= 15 is 0 Å². The van der Waals surface area contributed by atoms with Gasteiger partial charge in [0.2, 0.25) is 0 Å². The van der Waals surface area contributed by atoms with E-state index in [9.17, 15) is 0 Å². The first kappa shape index (κ1) is 15.7. The molecule has 0 saturated carbocycles. The Kier molecular flexibility index (Phi) is 5.81. The fourth-order valence-electron chi connectivity index (χ4n) is 2.77. The molecular formula is C15H27N3OS. The van der Waals surface area contributed by atoms with Crippen LogP contribution in [0.1, 0.15) is 37.3 Å². The summed E-state index contributed by atoms with van der Waals surface area (Å²) in [6, 6.07) is 0.610. The number of anilines is 1. The van der Waals surface area contributed by atoms with Crippen LogP contribution in [-0.2, 0) is 11.3 Å². The Morgan fingerprint density at radius 3 is 2.95 bits per heavy atom. The summed E-state index contributed by atoms with van der Waals surface area (Å²) in [5.41, 5.74) is 1.17. The molecule has 0 amide bonds. The second-order valence-electron chi connectivity index (χ2n) is 5.85. The first-order valence-corrected chi connectivity index (χ1v) is 8.36. The van der Waals surface area contributed by atoms with Crippen LogP contribution in [-0.4, -0.2) is 37.8 Å². The molecule has 0 spiro atoms. The summed E-state index contributed by atoms with van der Waals surface area (Å²) in [6.07, 6.45) is 2.56. The van der Waals surface area contributed by atoms with Gasteiger partial charge >= 0.3 is 0 Å². The van der Waals surface area contributed by atoms with E-state index in [4.69, 9.17) is 9.72 Å². The summed E-state index contributed by atoms with van der Waals surface area (Å²) in [5.74, 6) is 0.845. The fourth-order valence-corrected chi connectivity index (χ4v) is 3.93. The number of rotatable bonds is 6.